The molecule has 1 aromatic rings. The molecule has 98 valence electrons. The summed E-state index contributed by atoms with van der Waals surface area (Å²) < 4.78 is 5.54. The average molecular weight is 248 g/mol. The fourth-order valence-corrected chi connectivity index (χ4v) is 2.24. The molecule has 0 bridgehead atoms. The highest BCUT2D eigenvalue weighted by molar-refractivity contribution is 5.96. The Bertz CT molecular complexity index is 459. The van der Waals surface area contributed by atoms with Gasteiger partial charge < -0.3 is 15.4 Å². The Hall–Kier alpha value is -1.55. The van der Waals surface area contributed by atoms with Crippen molar-refractivity contribution in [2.45, 2.75) is 32.9 Å². The first kappa shape index (κ1) is 12.9. The Kier molecular flexibility index (Phi) is 3.57. The molecule has 1 aromatic carbocycles. The van der Waals surface area contributed by atoms with Gasteiger partial charge in [-0.05, 0) is 38.5 Å². The van der Waals surface area contributed by atoms with Crippen LogP contribution in [0, 0.1) is 6.92 Å². The van der Waals surface area contributed by atoms with Gasteiger partial charge in [-0.1, -0.05) is 6.07 Å². The van der Waals surface area contributed by atoms with E-state index in [0.717, 1.165) is 5.56 Å². The second-order valence-corrected chi connectivity index (χ2v) is 4.89. The van der Waals surface area contributed by atoms with Gasteiger partial charge in [-0.25, -0.2) is 0 Å². The number of nitrogens with zero attached hydrogens (tertiary/aromatic N) is 1. The summed E-state index contributed by atoms with van der Waals surface area (Å²) >= 11 is 0. The van der Waals surface area contributed by atoms with Gasteiger partial charge in [0.2, 0.25) is 0 Å². The minimum atomic E-state index is 0.0439. The van der Waals surface area contributed by atoms with Crippen LogP contribution in [0.15, 0.2) is 18.2 Å². The molecule has 0 radical (unpaired) electrons. The van der Waals surface area contributed by atoms with Crippen molar-refractivity contribution in [3.63, 3.8) is 0 Å². The van der Waals surface area contributed by atoms with E-state index in [4.69, 9.17) is 10.5 Å². The molecule has 0 spiro atoms. The molecule has 1 heterocycles. The highest BCUT2D eigenvalue weighted by Crippen LogP contribution is 2.20. The minimum absolute atomic E-state index is 0.0439. The highest BCUT2D eigenvalue weighted by Gasteiger charge is 2.30. The third-order valence-corrected chi connectivity index (χ3v) is 3.64. The standard InChI is InChI=1S/C14H20N2O2/c1-9-4-5-12(15)8-13(9)14(17)16-6-7-18-11(3)10(16)2/h4-5,8,10-11H,6-7,15H2,1-3H3. The largest absolute Gasteiger partial charge is 0.399 e. The van der Waals surface area contributed by atoms with Crippen molar-refractivity contribution < 1.29 is 9.53 Å². The van der Waals surface area contributed by atoms with Crippen LogP contribution in [0.1, 0.15) is 29.8 Å². The molecule has 2 atom stereocenters. The van der Waals surface area contributed by atoms with Gasteiger partial charge >= 0.3 is 0 Å². The Balaban J connectivity index is 2.27. The topological polar surface area (TPSA) is 55.6 Å². The van der Waals surface area contributed by atoms with Gasteiger partial charge in [0.25, 0.3) is 5.91 Å². The second kappa shape index (κ2) is 4.98. The lowest BCUT2D eigenvalue weighted by molar-refractivity contribution is -0.0440. The number of hydrogen-bond donors (Lipinski definition) is 1. The molecule has 1 fully saturated rings. The molecular weight excluding hydrogens is 228 g/mol. The van der Waals surface area contributed by atoms with E-state index in [1.165, 1.54) is 0 Å². The minimum Gasteiger partial charge on any atom is -0.399 e. The first-order valence-electron chi connectivity index (χ1n) is 6.29. The average Bonchev–Trinajstić information content (AvgIpc) is 2.35. The van der Waals surface area contributed by atoms with Crippen molar-refractivity contribution >= 4 is 11.6 Å². The smallest absolute Gasteiger partial charge is 0.254 e. The normalized spacial score (nSPS) is 24.1. The molecule has 1 aliphatic rings. The predicted octanol–water partition coefficient (Wildman–Crippen LogP) is 1.83. The maximum Gasteiger partial charge on any atom is 0.254 e. The fourth-order valence-electron chi connectivity index (χ4n) is 2.24. The molecule has 2 N–H and O–H groups in total. The van der Waals surface area contributed by atoms with Crippen LogP contribution in [0.5, 0.6) is 0 Å². The zero-order chi connectivity index (χ0) is 13.3. The number of amides is 1. The third-order valence-electron chi connectivity index (χ3n) is 3.64. The summed E-state index contributed by atoms with van der Waals surface area (Å²) in [5.74, 6) is 0.0439. The number of anilines is 1. The van der Waals surface area contributed by atoms with Crippen LogP contribution in [0.2, 0.25) is 0 Å². The van der Waals surface area contributed by atoms with Gasteiger partial charge in [0.15, 0.2) is 0 Å². The molecule has 0 aromatic heterocycles. The van der Waals surface area contributed by atoms with Crippen molar-refractivity contribution in [1.82, 2.24) is 4.90 Å². The summed E-state index contributed by atoms with van der Waals surface area (Å²) in [4.78, 5) is 14.4. The van der Waals surface area contributed by atoms with Crippen LogP contribution in [0.3, 0.4) is 0 Å². The first-order valence-corrected chi connectivity index (χ1v) is 6.29. The van der Waals surface area contributed by atoms with Crippen molar-refractivity contribution in [2.24, 2.45) is 0 Å². The maximum absolute atomic E-state index is 12.5. The number of nitrogens with two attached hydrogens (primary N) is 1. The summed E-state index contributed by atoms with van der Waals surface area (Å²) in [7, 11) is 0. The number of hydrogen-bond acceptors (Lipinski definition) is 3. The summed E-state index contributed by atoms with van der Waals surface area (Å²) in [6, 6.07) is 5.55. The molecule has 18 heavy (non-hydrogen) atoms. The van der Waals surface area contributed by atoms with E-state index in [-0.39, 0.29) is 18.1 Å². The van der Waals surface area contributed by atoms with Gasteiger partial charge in [-0.3, -0.25) is 4.79 Å². The van der Waals surface area contributed by atoms with Gasteiger partial charge in [0.1, 0.15) is 0 Å². The van der Waals surface area contributed by atoms with Crippen molar-refractivity contribution in [3.8, 4) is 0 Å². The van der Waals surface area contributed by atoms with Crippen LogP contribution in [-0.4, -0.2) is 36.1 Å². The van der Waals surface area contributed by atoms with Gasteiger partial charge in [-0.15, -0.1) is 0 Å². The van der Waals surface area contributed by atoms with Crippen LogP contribution >= 0.6 is 0 Å². The van der Waals surface area contributed by atoms with E-state index in [9.17, 15) is 4.79 Å². The monoisotopic (exact) mass is 248 g/mol. The number of morpholine rings is 1. The predicted molar refractivity (Wildman–Crippen MR) is 71.5 cm³/mol. The molecule has 4 nitrogen and oxygen atoms in total. The summed E-state index contributed by atoms with van der Waals surface area (Å²) in [6.45, 7) is 7.18. The number of nitrogen functional groups attached to an aromatic ring is 1. The molecular formula is C14H20N2O2. The lowest BCUT2D eigenvalue weighted by atomic mass is 10.0. The number of benzene rings is 1. The number of rotatable bonds is 1. The molecule has 2 unspecified atom stereocenters. The Morgan fingerprint density at radius 1 is 1.44 bits per heavy atom. The number of carbonyl (C=O) groups is 1. The summed E-state index contributed by atoms with van der Waals surface area (Å²) in [5.41, 5.74) is 8.03. The lowest BCUT2D eigenvalue weighted by Gasteiger charge is -2.38. The van der Waals surface area contributed by atoms with E-state index in [1.807, 2.05) is 37.8 Å². The molecule has 1 saturated heterocycles. The van der Waals surface area contributed by atoms with Crippen LogP contribution in [0.25, 0.3) is 0 Å². The quantitative estimate of drug-likeness (QED) is 0.771. The highest BCUT2D eigenvalue weighted by atomic mass is 16.5. The van der Waals surface area contributed by atoms with Crippen molar-refractivity contribution in [2.75, 3.05) is 18.9 Å². The van der Waals surface area contributed by atoms with Gasteiger partial charge in [0, 0.05) is 17.8 Å². The van der Waals surface area contributed by atoms with E-state index in [1.54, 1.807) is 6.07 Å². The molecule has 2 rings (SSSR count). The number of aryl methyl sites for hydroxylation is 1. The zero-order valence-corrected chi connectivity index (χ0v) is 11.1. The van der Waals surface area contributed by atoms with Crippen LogP contribution in [-0.2, 0) is 4.74 Å². The number of carbonyl (C=O) groups excluding carboxylic acids is 1. The van der Waals surface area contributed by atoms with Crippen molar-refractivity contribution in [3.05, 3.63) is 29.3 Å². The number of ether oxygens (including phenoxy) is 1. The summed E-state index contributed by atoms with van der Waals surface area (Å²) in [6.07, 6.45) is 0.0732. The van der Waals surface area contributed by atoms with E-state index in [0.29, 0.717) is 24.4 Å². The van der Waals surface area contributed by atoms with Gasteiger partial charge in [0.05, 0.1) is 18.8 Å². The molecule has 1 aliphatic heterocycles. The van der Waals surface area contributed by atoms with E-state index < -0.39 is 0 Å². The molecule has 4 heteroatoms. The molecule has 0 saturated carbocycles. The van der Waals surface area contributed by atoms with Crippen molar-refractivity contribution in [1.29, 1.82) is 0 Å². The van der Waals surface area contributed by atoms with Crippen LogP contribution in [0.4, 0.5) is 5.69 Å². The van der Waals surface area contributed by atoms with E-state index in [2.05, 4.69) is 0 Å². The maximum atomic E-state index is 12.5. The summed E-state index contributed by atoms with van der Waals surface area (Å²) in [5, 5.41) is 0. The van der Waals surface area contributed by atoms with E-state index >= 15 is 0 Å². The van der Waals surface area contributed by atoms with Gasteiger partial charge in [-0.2, -0.15) is 0 Å². The Labute approximate surface area is 108 Å². The zero-order valence-electron chi connectivity index (χ0n) is 11.1. The Morgan fingerprint density at radius 3 is 2.89 bits per heavy atom. The third kappa shape index (κ3) is 2.34. The molecule has 0 aliphatic carbocycles. The molecule has 1 amide bonds. The Morgan fingerprint density at radius 2 is 2.17 bits per heavy atom. The lowest BCUT2D eigenvalue weighted by Crippen LogP contribution is -2.51. The first-order chi connectivity index (χ1) is 8.50. The fraction of sp³-hybridized carbons (Fsp3) is 0.500. The SMILES string of the molecule is Cc1ccc(N)cc1C(=O)N1CCOC(C)C1C. The second-order valence-electron chi connectivity index (χ2n) is 4.89. The van der Waals surface area contributed by atoms with Crippen LogP contribution < -0.4 is 5.73 Å².